The minimum Gasteiger partial charge on any atom is -0.493 e. The second-order valence-corrected chi connectivity index (χ2v) is 11.5. The standard InChI is InChI=1S/C27H33Cl2N3O3/c1-26(2)14-18(15-27(3,4)32-26)30-25(34)16-6-7-19(24(12-16)35-9-5-8-33)23-11-17-10-20(28)21(29)13-22(17)31-23/h6-7,10-13,18,31-33H,5,8-9,14-15H2,1-4H3,(H,30,34). The summed E-state index contributed by atoms with van der Waals surface area (Å²) in [6, 6.07) is 11.1. The molecule has 0 atom stereocenters. The van der Waals surface area contributed by atoms with E-state index in [9.17, 15) is 9.90 Å². The third kappa shape index (κ3) is 6.12. The van der Waals surface area contributed by atoms with Crippen molar-refractivity contribution in [3.8, 4) is 17.0 Å². The van der Waals surface area contributed by atoms with E-state index in [-0.39, 0.29) is 29.6 Å². The third-order valence-electron chi connectivity index (χ3n) is 6.28. The Morgan fingerprint density at radius 3 is 2.46 bits per heavy atom. The van der Waals surface area contributed by atoms with Crippen LogP contribution in [0.2, 0.25) is 10.0 Å². The molecule has 1 aliphatic heterocycles. The number of aromatic nitrogens is 1. The lowest BCUT2D eigenvalue weighted by atomic mass is 9.79. The molecule has 8 heteroatoms. The Labute approximate surface area is 216 Å². The molecule has 3 aromatic rings. The van der Waals surface area contributed by atoms with Crippen molar-refractivity contribution in [1.29, 1.82) is 0 Å². The van der Waals surface area contributed by atoms with E-state index in [1.54, 1.807) is 12.1 Å². The lowest BCUT2D eigenvalue weighted by Crippen LogP contribution is -2.62. The molecule has 0 spiro atoms. The van der Waals surface area contributed by atoms with Gasteiger partial charge in [-0.25, -0.2) is 0 Å². The van der Waals surface area contributed by atoms with Crippen molar-refractivity contribution in [3.63, 3.8) is 0 Å². The Hall–Kier alpha value is -2.25. The Bertz CT molecular complexity index is 1180. The number of H-pyrrole nitrogens is 1. The number of carbonyl (C=O) groups is 1. The number of carbonyl (C=O) groups excluding carboxylic acids is 1. The van der Waals surface area contributed by atoms with Gasteiger partial charge >= 0.3 is 0 Å². The van der Waals surface area contributed by atoms with Crippen LogP contribution >= 0.6 is 23.2 Å². The maximum absolute atomic E-state index is 13.2. The molecule has 1 fully saturated rings. The molecule has 0 bridgehead atoms. The van der Waals surface area contributed by atoms with Crippen LogP contribution in [0.1, 0.15) is 57.3 Å². The van der Waals surface area contributed by atoms with Crippen molar-refractivity contribution in [2.75, 3.05) is 13.2 Å². The zero-order valence-electron chi connectivity index (χ0n) is 20.6. The van der Waals surface area contributed by atoms with Crippen molar-refractivity contribution in [2.45, 2.75) is 64.1 Å². The Morgan fingerprint density at radius 1 is 1.09 bits per heavy atom. The van der Waals surface area contributed by atoms with Crippen molar-refractivity contribution in [1.82, 2.24) is 15.6 Å². The molecule has 0 saturated carbocycles. The SMILES string of the molecule is CC1(C)CC(NC(=O)c2ccc(-c3cc4cc(Cl)c(Cl)cc4[nH]3)c(OCCCO)c2)CC(C)(C)N1. The van der Waals surface area contributed by atoms with Gasteiger partial charge < -0.3 is 25.5 Å². The number of nitrogens with one attached hydrogen (secondary N) is 3. The number of aromatic amines is 1. The van der Waals surface area contributed by atoms with Gasteiger partial charge in [0.1, 0.15) is 5.75 Å². The second kappa shape index (κ2) is 10.0. The molecule has 2 heterocycles. The van der Waals surface area contributed by atoms with Gasteiger partial charge in [0.15, 0.2) is 0 Å². The summed E-state index contributed by atoms with van der Waals surface area (Å²) in [4.78, 5) is 16.6. The van der Waals surface area contributed by atoms with Crippen LogP contribution in [0.25, 0.3) is 22.2 Å². The van der Waals surface area contributed by atoms with Gasteiger partial charge in [0.2, 0.25) is 0 Å². The number of aliphatic hydroxyl groups is 1. The highest BCUT2D eigenvalue weighted by molar-refractivity contribution is 6.42. The van der Waals surface area contributed by atoms with Gasteiger partial charge in [-0.05, 0) is 76.9 Å². The van der Waals surface area contributed by atoms with Crippen molar-refractivity contribution < 1.29 is 14.6 Å². The molecule has 4 N–H and O–H groups in total. The predicted molar refractivity (Wildman–Crippen MR) is 143 cm³/mol. The van der Waals surface area contributed by atoms with Crippen molar-refractivity contribution >= 4 is 40.0 Å². The van der Waals surface area contributed by atoms with Gasteiger partial charge in [-0.15, -0.1) is 0 Å². The normalized spacial score (nSPS) is 17.5. The molecule has 188 valence electrons. The summed E-state index contributed by atoms with van der Waals surface area (Å²) in [5.41, 5.74) is 2.89. The largest absolute Gasteiger partial charge is 0.493 e. The van der Waals surface area contributed by atoms with E-state index in [2.05, 4.69) is 43.3 Å². The minimum absolute atomic E-state index is 0.0280. The summed E-state index contributed by atoms with van der Waals surface area (Å²) in [5.74, 6) is 0.443. The number of hydrogen-bond acceptors (Lipinski definition) is 4. The summed E-state index contributed by atoms with van der Waals surface area (Å²) in [6.45, 7) is 9.01. The fourth-order valence-corrected chi connectivity index (χ4v) is 5.55. The number of amides is 1. The Balaban J connectivity index is 1.62. The van der Waals surface area contributed by atoms with E-state index in [4.69, 9.17) is 27.9 Å². The molecule has 1 aromatic heterocycles. The highest BCUT2D eigenvalue weighted by Crippen LogP contribution is 2.36. The summed E-state index contributed by atoms with van der Waals surface area (Å²) in [5, 5.41) is 18.0. The predicted octanol–water partition coefficient (Wildman–Crippen LogP) is 5.94. The van der Waals surface area contributed by atoms with Crippen LogP contribution in [0, 0.1) is 0 Å². The number of hydrogen-bond donors (Lipinski definition) is 4. The lowest BCUT2D eigenvalue weighted by molar-refractivity contribution is 0.0872. The monoisotopic (exact) mass is 517 g/mol. The smallest absolute Gasteiger partial charge is 0.251 e. The lowest BCUT2D eigenvalue weighted by Gasteiger charge is -2.46. The van der Waals surface area contributed by atoms with Crippen LogP contribution in [-0.2, 0) is 0 Å². The number of aliphatic hydroxyl groups excluding tert-OH is 1. The van der Waals surface area contributed by atoms with Crippen LogP contribution in [0.4, 0.5) is 0 Å². The average molecular weight is 518 g/mol. The Kier molecular flexibility index (Phi) is 7.39. The van der Waals surface area contributed by atoms with Gasteiger partial charge in [0.05, 0.1) is 22.3 Å². The fourth-order valence-electron chi connectivity index (χ4n) is 5.22. The van der Waals surface area contributed by atoms with E-state index >= 15 is 0 Å². The first-order valence-electron chi connectivity index (χ1n) is 11.9. The molecule has 2 aromatic carbocycles. The van der Waals surface area contributed by atoms with Crippen LogP contribution in [-0.4, -0.2) is 46.3 Å². The third-order valence-corrected chi connectivity index (χ3v) is 7.00. The molecule has 0 radical (unpaired) electrons. The van der Waals surface area contributed by atoms with Gasteiger partial charge in [-0.1, -0.05) is 23.2 Å². The first kappa shape index (κ1) is 25.8. The number of ether oxygens (including phenoxy) is 1. The fraction of sp³-hybridized carbons (Fsp3) is 0.444. The van der Waals surface area contributed by atoms with Crippen LogP contribution in [0.3, 0.4) is 0 Å². The number of halogens is 2. The Morgan fingerprint density at radius 2 is 1.77 bits per heavy atom. The minimum atomic E-state index is -0.128. The zero-order valence-corrected chi connectivity index (χ0v) is 22.1. The molecule has 4 rings (SSSR count). The quantitative estimate of drug-likeness (QED) is 0.292. The molecule has 6 nitrogen and oxygen atoms in total. The van der Waals surface area contributed by atoms with Gasteiger partial charge in [0.25, 0.3) is 5.91 Å². The first-order valence-corrected chi connectivity index (χ1v) is 12.7. The maximum Gasteiger partial charge on any atom is 0.251 e. The van der Waals surface area contributed by atoms with E-state index in [1.165, 1.54) is 0 Å². The van der Waals surface area contributed by atoms with Crippen LogP contribution in [0.5, 0.6) is 5.75 Å². The number of benzene rings is 2. The summed E-state index contributed by atoms with van der Waals surface area (Å²) in [7, 11) is 0. The average Bonchev–Trinajstić information content (AvgIpc) is 3.14. The highest BCUT2D eigenvalue weighted by Gasteiger charge is 2.38. The molecular weight excluding hydrogens is 485 g/mol. The number of piperidine rings is 1. The molecular formula is C27H33Cl2N3O3. The zero-order chi connectivity index (χ0) is 25.4. The molecule has 0 unspecified atom stereocenters. The number of fused-ring (bicyclic) bond motifs is 1. The van der Waals surface area contributed by atoms with Crippen LogP contribution < -0.4 is 15.4 Å². The molecule has 35 heavy (non-hydrogen) atoms. The van der Waals surface area contributed by atoms with E-state index in [0.717, 1.165) is 35.0 Å². The molecule has 0 aliphatic carbocycles. The topological polar surface area (TPSA) is 86.4 Å². The maximum atomic E-state index is 13.2. The van der Waals surface area contributed by atoms with Gasteiger partial charge in [-0.2, -0.15) is 0 Å². The van der Waals surface area contributed by atoms with E-state index < -0.39 is 0 Å². The summed E-state index contributed by atoms with van der Waals surface area (Å²) < 4.78 is 6.00. The van der Waals surface area contributed by atoms with Gasteiger partial charge in [0, 0.05) is 52.2 Å². The first-order chi connectivity index (χ1) is 16.5. The van der Waals surface area contributed by atoms with Crippen molar-refractivity contribution in [2.24, 2.45) is 0 Å². The van der Waals surface area contributed by atoms with E-state index in [0.29, 0.717) is 34.4 Å². The number of rotatable bonds is 7. The van der Waals surface area contributed by atoms with Gasteiger partial charge in [-0.3, -0.25) is 4.79 Å². The highest BCUT2D eigenvalue weighted by atomic mass is 35.5. The summed E-state index contributed by atoms with van der Waals surface area (Å²) in [6.07, 6.45) is 2.19. The molecule has 1 saturated heterocycles. The molecule has 1 amide bonds. The van der Waals surface area contributed by atoms with Crippen molar-refractivity contribution in [3.05, 3.63) is 52.0 Å². The van der Waals surface area contributed by atoms with Crippen LogP contribution in [0.15, 0.2) is 36.4 Å². The molecule has 1 aliphatic rings. The second-order valence-electron chi connectivity index (χ2n) is 10.6. The summed E-state index contributed by atoms with van der Waals surface area (Å²) >= 11 is 12.4. The van der Waals surface area contributed by atoms with E-state index in [1.807, 2.05) is 24.3 Å².